The van der Waals surface area contributed by atoms with Crippen LogP contribution in [0.4, 0.5) is 10.1 Å². The quantitative estimate of drug-likeness (QED) is 0.480. The highest BCUT2D eigenvalue weighted by atomic mass is 19.1. The lowest BCUT2D eigenvalue weighted by Crippen LogP contribution is -2.13. The number of nitrogen functional groups attached to an aromatic ring is 1. The number of carbonyl (C=O) groups excluding carboxylic acids is 1. The molecule has 0 spiro atoms. The molecule has 0 saturated carbocycles. The summed E-state index contributed by atoms with van der Waals surface area (Å²) in [4.78, 5) is 34.0. The van der Waals surface area contributed by atoms with Crippen LogP contribution in [0, 0.1) is 5.82 Å². The summed E-state index contributed by atoms with van der Waals surface area (Å²) in [5.74, 6) is -0.821. The minimum atomic E-state index is -0.565. The van der Waals surface area contributed by atoms with Crippen LogP contribution in [0.3, 0.4) is 0 Å². The summed E-state index contributed by atoms with van der Waals surface area (Å²) in [7, 11) is 1.29. The lowest BCUT2D eigenvalue weighted by molar-refractivity contribution is 0.0601. The van der Waals surface area contributed by atoms with Crippen molar-refractivity contribution in [2.75, 3.05) is 12.8 Å². The van der Waals surface area contributed by atoms with E-state index in [9.17, 15) is 14.0 Å². The molecule has 0 bridgehead atoms. The maximum Gasteiger partial charge on any atom is 0.337 e. The molecule has 0 aliphatic rings. The smallest absolute Gasteiger partial charge is 0.337 e. The molecule has 7 nitrogen and oxygen atoms in total. The number of nitrogens with two attached hydrogens (primary N) is 1. The van der Waals surface area contributed by atoms with Crippen LogP contribution in [0.2, 0.25) is 0 Å². The maximum atomic E-state index is 13.9. The Balaban J connectivity index is 1.95. The number of nitrogens with one attached hydrogen (secondary N) is 2. The normalized spacial score (nSPS) is 11.2. The topological polar surface area (TPSA) is 114 Å². The fraction of sp³-hybridized carbons (Fsp3) is 0.0556. The average Bonchev–Trinajstić information content (AvgIpc) is 3.04. The van der Waals surface area contributed by atoms with Crippen LogP contribution in [-0.2, 0) is 4.74 Å². The third-order valence-corrected chi connectivity index (χ3v) is 4.18. The maximum absolute atomic E-state index is 13.9. The lowest BCUT2D eigenvalue weighted by atomic mass is 10.1. The molecule has 2 aromatic carbocycles. The summed E-state index contributed by atoms with van der Waals surface area (Å²) in [6.07, 6.45) is 0. The van der Waals surface area contributed by atoms with Gasteiger partial charge in [0.2, 0.25) is 0 Å². The number of rotatable bonds is 2. The van der Waals surface area contributed by atoms with Crippen molar-refractivity contribution in [1.82, 2.24) is 15.0 Å². The van der Waals surface area contributed by atoms with Crippen molar-refractivity contribution in [2.24, 2.45) is 0 Å². The Bertz CT molecular complexity index is 1240. The number of H-pyrrole nitrogens is 2. The molecule has 130 valence electrons. The van der Waals surface area contributed by atoms with Gasteiger partial charge < -0.3 is 20.4 Å². The van der Waals surface area contributed by atoms with Crippen LogP contribution in [0.15, 0.2) is 41.2 Å². The van der Waals surface area contributed by atoms with E-state index >= 15 is 0 Å². The minimum Gasteiger partial charge on any atom is -0.465 e. The van der Waals surface area contributed by atoms with Crippen molar-refractivity contribution >= 4 is 33.6 Å². The Morgan fingerprint density at radius 1 is 1.23 bits per heavy atom. The molecule has 0 aliphatic carbocycles. The Morgan fingerprint density at radius 3 is 2.81 bits per heavy atom. The molecule has 4 N–H and O–H groups in total. The second-order valence-corrected chi connectivity index (χ2v) is 5.71. The summed E-state index contributed by atoms with van der Waals surface area (Å²) in [5.41, 5.74) is 7.27. The molecule has 0 unspecified atom stereocenters. The molecule has 0 atom stereocenters. The van der Waals surface area contributed by atoms with Crippen LogP contribution >= 0.6 is 0 Å². The highest BCUT2D eigenvalue weighted by Crippen LogP contribution is 2.29. The van der Waals surface area contributed by atoms with E-state index in [2.05, 4.69) is 15.0 Å². The van der Waals surface area contributed by atoms with E-state index in [1.165, 1.54) is 19.2 Å². The number of hydrogen-bond donors (Lipinski definition) is 3. The van der Waals surface area contributed by atoms with Gasteiger partial charge in [0.1, 0.15) is 17.2 Å². The van der Waals surface area contributed by atoms with E-state index in [0.717, 1.165) is 0 Å². The highest BCUT2D eigenvalue weighted by molar-refractivity contribution is 5.98. The monoisotopic (exact) mass is 352 g/mol. The molecule has 4 aromatic rings. The number of fused-ring (bicyclic) bond motifs is 2. The van der Waals surface area contributed by atoms with Gasteiger partial charge in [-0.15, -0.1) is 0 Å². The van der Waals surface area contributed by atoms with Gasteiger partial charge in [0.05, 0.1) is 34.9 Å². The third-order valence-electron chi connectivity index (χ3n) is 4.18. The second kappa shape index (κ2) is 5.69. The average molecular weight is 352 g/mol. The van der Waals surface area contributed by atoms with Gasteiger partial charge in [-0.25, -0.2) is 14.2 Å². The van der Waals surface area contributed by atoms with Gasteiger partial charge >= 0.3 is 5.97 Å². The number of ether oxygens (including phenoxy) is 1. The fourth-order valence-corrected chi connectivity index (χ4v) is 2.92. The lowest BCUT2D eigenvalue weighted by Gasteiger charge is -2.07. The minimum absolute atomic E-state index is 0.0443. The number of aromatic amines is 2. The van der Waals surface area contributed by atoms with Gasteiger partial charge in [-0.1, -0.05) is 12.1 Å². The fourth-order valence-electron chi connectivity index (χ4n) is 2.92. The van der Waals surface area contributed by atoms with E-state index in [-0.39, 0.29) is 22.6 Å². The number of methoxy groups -OCH3 is 1. The van der Waals surface area contributed by atoms with Crippen LogP contribution in [-0.4, -0.2) is 28.0 Å². The van der Waals surface area contributed by atoms with Crippen LogP contribution in [0.1, 0.15) is 10.4 Å². The number of pyridine rings is 1. The second-order valence-electron chi connectivity index (χ2n) is 5.71. The summed E-state index contributed by atoms with van der Waals surface area (Å²) in [5, 5.41) is 0.385. The first-order valence-electron chi connectivity index (χ1n) is 7.68. The van der Waals surface area contributed by atoms with Gasteiger partial charge in [0, 0.05) is 5.39 Å². The highest BCUT2D eigenvalue weighted by Gasteiger charge is 2.18. The predicted molar refractivity (Wildman–Crippen MR) is 95.4 cm³/mol. The number of hydrogen-bond acceptors (Lipinski definition) is 5. The van der Waals surface area contributed by atoms with E-state index in [4.69, 9.17) is 10.5 Å². The van der Waals surface area contributed by atoms with Crippen molar-refractivity contribution in [3.63, 3.8) is 0 Å². The van der Waals surface area contributed by atoms with E-state index in [0.29, 0.717) is 22.0 Å². The van der Waals surface area contributed by atoms with Crippen molar-refractivity contribution in [2.45, 2.75) is 0 Å². The number of aromatic nitrogens is 3. The summed E-state index contributed by atoms with van der Waals surface area (Å²) in [6, 6.07) is 9.15. The summed E-state index contributed by atoms with van der Waals surface area (Å²) in [6.45, 7) is 0. The zero-order valence-corrected chi connectivity index (χ0v) is 13.6. The van der Waals surface area contributed by atoms with Crippen LogP contribution < -0.4 is 11.3 Å². The van der Waals surface area contributed by atoms with Crippen LogP contribution in [0.25, 0.3) is 33.3 Å². The molecular formula is C18H13FN4O3. The largest absolute Gasteiger partial charge is 0.465 e. The molecule has 4 rings (SSSR count). The predicted octanol–water partition coefficient (Wildman–Crippen LogP) is 2.58. The Hall–Kier alpha value is -3.68. The summed E-state index contributed by atoms with van der Waals surface area (Å²) < 4.78 is 18.6. The molecule has 8 heteroatoms. The van der Waals surface area contributed by atoms with Gasteiger partial charge in [-0.3, -0.25) is 4.79 Å². The molecule has 2 heterocycles. The number of esters is 1. The zero-order chi connectivity index (χ0) is 18.4. The number of para-hydroxylation sites is 1. The Kier molecular flexibility index (Phi) is 3.47. The number of halogens is 1. The number of anilines is 1. The van der Waals surface area contributed by atoms with E-state index < -0.39 is 17.3 Å². The van der Waals surface area contributed by atoms with Gasteiger partial charge in [0.15, 0.2) is 0 Å². The molecule has 0 aliphatic heterocycles. The van der Waals surface area contributed by atoms with Crippen LogP contribution in [0.5, 0.6) is 0 Å². The Morgan fingerprint density at radius 2 is 2.04 bits per heavy atom. The number of benzene rings is 2. The van der Waals surface area contributed by atoms with Gasteiger partial charge in [-0.05, 0) is 24.3 Å². The molecule has 26 heavy (non-hydrogen) atoms. The van der Waals surface area contributed by atoms with Crippen molar-refractivity contribution in [3.8, 4) is 11.4 Å². The van der Waals surface area contributed by atoms with Crippen molar-refractivity contribution in [1.29, 1.82) is 0 Å². The number of nitrogens with zero attached hydrogens (tertiary/aromatic N) is 1. The SMILES string of the molecule is COC(=O)c1ccc2nc(-c3c(N)c4cccc(F)c4[nH]c3=O)[nH]c2c1. The molecule has 0 saturated heterocycles. The molecular weight excluding hydrogens is 339 g/mol. The standard InChI is InChI=1S/C18H13FN4O3/c1-26-18(25)8-5-6-11-12(7-8)22-16(21-11)13-14(20)9-3-2-4-10(19)15(9)23-17(13)24/h2-7H,1H3,(H,21,22)(H3,20,23,24). The molecule has 0 radical (unpaired) electrons. The third kappa shape index (κ3) is 2.31. The van der Waals surface area contributed by atoms with Crippen molar-refractivity contribution < 1.29 is 13.9 Å². The number of imidazole rings is 1. The first-order valence-corrected chi connectivity index (χ1v) is 7.68. The molecule has 0 amide bonds. The zero-order valence-electron chi connectivity index (χ0n) is 13.6. The van der Waals surface area contributed by atoms with Crippen molar-refractivity contribution in [3.05, 3.63) is 58.1 Å². The first kappa shape index (κ1) is 15.8. The molecule has 2 aromatic heterocycles. The Labute approximate surface area is 145 Å². The number of carbonyl (C=O) groups is 1. The van der Waals surface area contributed by atoms with Gasteiger partial charge in [-0.2, -0.15) is 0 Å². The first-order chi connectivity index (χ1) is 12.5. The van der Waals surface area contributed by atoms with Gasteiger partial charge in [0.25, 0.3) is 5.56 Å². The molecule has 0 fully saturated rings. The summed E-state index contributed by atoms with van der Waals surface area (Å²) >= 11 is 0. The van der Waals surface area contributed by atoms with E-state index in [1.54, 1.807) is 24.3 Å². The van der Waals surface area contributed by atoms with E-state index in [1.807, 2.05) is 0 Å².